The first-order valence-corrected chi connectivity index (χ1v) is 8.70. The van der Waals surface area contributed by atoms with E-state index in [4.69, 9.17) is 16.3 Å². The van der Waals surface area contributed by atoms with E-state index < -0.39 is 0 Å². The number of carbonyl (C=O) groups is 1. The molecule has 0 spiro atoms. The molecule has 0 bridgehead atoms. The number of aryl methyl sites for hydroxylation is 1. The van der Waals surface area contributed by atoms with E-state index in [1.165, 1.54) is 11.3 Å². The molecule has 7 heteroatoms. The Labute approximate surface area is 154 Å². The number of hydrogen-bond donors (Lipinski definition) is 2. The number of nitrogens with zero attached hydrogens (tertiary/aromatic N) is 1. The molecule has 1 aromatic heterocycles. The van der Waals surface area contributed by atoms with Crippen molar-refractivity contribution in [3.8, 4) is 5.75 Å². The van der Waals surface area contributed by atoms with E-state index in [1.807, 2.05) is 31.2 Å². The molecule has 0 atom stereocenters. The first-order chi connectivity index (χ1) is 12.0. The molecule has 128 valence electrons. The lowest BCUT2D eigenvalue weighted by atomic mass is 10.3. The zero-order valence-electron chi connectivity index (χ0n) is 13.7. The Hall–Kier alpha value is -2.57. The Bertz CT molecular complexity index is 894. The van der Waals surface area contributed by atoms with Gasteiger partial charge >= 0.3 is 0 Å². The Kier molecular flexibility index (Phi) is 5.21. The number of aromatic nitrogens is 1. The summed E-state index contributed by atoms with van der Waals surface area (Å²) in [6.07, 6.45) is 0. The topological polar surface area (TPSA) is 63.2 Å². The summed E-state index contributed by atoms with van der Waals surface area (Å²) in [6.45, 7) is 1.81. The van der Waals surface area contributed by atoms with Crippen molar-refractivity contribution in [1.29, 1.82) is 0 Å². The molecule has 1 amide bonds. The number of anilines is 3. The molecule has 1 heterocycles. The van der Waals surface area contributed by atoms with Crippen molar-refractivity contribution in [1.82, 2.24) is 4.98 Å². The second-order valence-corrected chi connectivity index (χ2v) is 6.69. The minimum absolute atomic E-state index is 0.198. The van der Waals surface area contributed by atoms with Crippen LogP contribution in [-0.2, 0) is 0 Å². The number of methoxy groups -OCH3 is 1. The van der Waals surface area contributed by atoms with Crippen LogP contribution in [0.5, 0.6) is 5.75 Å². The average Bonchev–Trinajstić information content (AvgIpc) is 2.97. The zero-order valence-corrected chi connectivity index (χ0v) is 15.2. The van der Waals surface area contributed by atoms with Crippen molar-refractivity contribution in [2.75, 3.05) is 17.7 Å². The number of amides is 1. The number of carbonyl (C=O) groups excluding carboxylic acids is 1. The highest BCUT2D eigenvalue weighted by Gasteiger charge is 2.16. The molecular formula is C18H16ClN3O2S. The predicted octanol–water partition coefficient (Wildman–Crippen LogP) is 5.11. The molecule has 3 aromatic rings. The average molecular weight is 374 g/mol. The molecule has 25 heavy (non-hydrogen) atoms. The van der Waals surface area contributed by atoms with Gasteiger partial charge in [-0.05, 0) is 43.3 Å². The van der Waals surface area contributed by atoms with Crippen molar-refractivity contribution in [3.05, 3.63) is 64.1 Å². The summed E-state index contributed by atoms with van der Waals surface area (Å²) in [5, 5.41) is 7.31. The van der Waals surface area contributed by atoms with Crippen LogP contribution in [0.2, 0.25) is 5.02 Å². The van der Waals surface area contributed by atoms with Crippen LogP contribution in [0, 0.1) is 6.92 Å². The molecule has 0 fully saturated rings. The molecule has 2 N–H and O–H groups in total. The third kappa shape index (κ3) is 4.29. The fourth-order valence-electron chi connectivity index (χ4n) is 2.21. The van der Waals surface area contributed by atoms with E-state index in [1.54, 1.807) is 31.4 Å². The maximum atomic E-state index is 12.5. The highest BCUT2D eigenvalue weighted by atomic mass is 35.5. The van der Waals surface area contributed by atoms with E-state index in [9.17, 15) is 4.79 Å². The second kappa shape index (κ2) is 7.55. The van der Waals surface area contributed by atoms with E-state index in [2.05, 4.69) is 15.6 Å². The van der Waals surface area contributed by atoms with Gasteiger partial charge in [0.1, 0.15) is 10.6 Å². The number of hydrogen-bond acceptors (Lipinski definition) is 5. The molecule has 0 aliphatic heterocycles. The van der Waals surface area contributed by atoms with Gasteiger partial charge in [-0.2, -0.15) is 0 Å². The molecular weight excluding hydrogens is 358 g/mol. The number of nitrogens with one attached hydrogen (secondary N) is 2. The van der Waals surface area contributed by atoms with Gasteiger partial charge in [0.15, 0.2) is 5.13 Å². The molecule has 2 aromatic carbocycles. The van der Waals surface area contributed by atoms with Gasteiger partial charge in [-0.3, -0.25) is 4.79 Å². The van der Waals surface area contributed by atoms with Gasteiger partial charge in [-0.25, -0.2) is 4.98 Å². The van der Waals surface area contributed by atoms with Crippen LogP contribution >= 0.6 is 22.9 Å². The largest absolute Gasteiger partial charge is 0.497 e. The van der Waals surface area contributed by atoms with Gasteiger partial charge in [0.25, 0.3) is 5.91 Å². The molecule has 3 rings (SSSR count). The number of thiazole rings is 1. The maximum Gasteiger partial charge on any atom is 0.267 e. The van der Waals surface area contributed by atoms with Gasteiger partial charge in [0, 0.05) is 22.5 Å². The van der Waals surface area contributed by atoms with Crippen molar-refractivity contribution < 1.29 is 9.53 Å². The monoisotopic (exact) mass is 373 g/mol. The Morgan fingerprint density at radius 3 is 2.64 bits per heavy atom. The first kappa shape index (κ1) is 17.3. The maximum absolute atomic E-state index is 12.5. The van der Waals surface area contributed by atoms with Crippen LogP contribution in [0.4, 0.5) is 16.5 Å². The number of rotatable bonds is 5. The third-order valence-corrected chi connectivity index (χ3v) is 4.75. The molecule has 0 aliphatic carbocycles. The quantitative estimate of drug-likeness (QED) is 0.652. The SMILES string of the molecule is COc1cccc(Nc2nc(C)c(C(=O)Nc3ccc(Cl)cc3)s2)c1. The minimum Gasteiger partial charge on any atom is -0.497 e. The number of benzene rings is 2. The summed E-state index contributed by atoms with van der Waals surface area (Å²) in [5.74, 6) is 0.551. The number of ether oxygens (including phenoxy) is 1. The highest BCUT2D eigenvalue weighted by Crippen LogP contribution is 2.28. The van der Waals surface area contributed by atoms with Gasteiger partial charge in [0.2, 0.25) is 0 Å². The van der Waals surface area contributed by atoms with Crippen molar-refractivity contribution in [2.45, 2.75) is 6.92 Å². The lowest BCUT2D eigenvalue weighted by molar-refractivity contribution is 0.103. The summed E-state index contributed by atoms with van der Waals surface area (Å²) in [5.41, 5.74) is 2.20. The van der Waals surface area contributed by atoms with E-state index >= 15 is 0 Å². The molecule has 0 saturated heterocycles. The van der Waals surface area contributed by atoms with E-state index in [0.717, 1.165) is 11.4 Å². The van der Waals surface area contributed by atoms with Gasteiger partial charge in [0.05, 0.1) is 12.8 Å². The van der Waals surface area contributed by atoms with Gasteiger partial charge in [-0.1, -0.05) is 29.0 Å². The second-order valence-electron chi connectivity index (χ2n) is 5.25. The van der Waals surface area contributed by atoms with Crippen LogP contribution in [0.15, 0.2) is 48.5 Å². The fourth-order valence-corrected chi connectivity index (χ4v) is 3.21. The molecule has 5 nitrogen and oxygen atoms in total. The molecule has 0 radical (unpaired) electrons. The van der Waals surface area contributed by atoms with Crippen LogP contribution in [0.3, 0.4) is 0 Å². The number of halogens is 1. The van der Waals surface area contributed by atoms with Gasteiger partial charge in [-0.15, -0.1) is 0 Å². The zero-order chi connectivity index (χ0) is 17.8. The van der Waals surface area contributed by atoms with E-state index in [0.29, 0.717) is 26.4 Å². The summed E-state index contributed by atoms with van der Waals surface area (Å²) in [7, 11) is 1.62. The first-order valence-electron chi connectivity index (χ1n) is 7.50. The highest BCUT2D eigenvalue weighted by molar-refractivity contribution is 7.17. The summed E-state index contributed by atoms with van der Waals surface area (Å²) in [4.78, 5) is 17.4. The van der Waals surface area contributed by atoms with Crippen molar-refractivity contribution in [2.24, 2.45) is 0 Å². The van der Waals surface area contributed by atoms with Crippen molar-refractivity contribution in [3.63, 3.8) is 0 Å². The summed E-state index contributed by atoms with van der Waals surface area (Å²) < 4.78 is 5.20. The lowest BCUT2D eigenvalue weighted by Crippen LogP contribution is -2.11. The van der Waals surface area contributed by atoms with Crippen molar-refractivity contribution >= 4 is 45.4 Å². The smallest absolute Gasteiger partial charge is 0.267 e. The fraction of sp³-hybridized carbons (Fsp3) is 0.111. The molecule has 0 unspecified atom stereocenters. The minimum atomic E-state index is -0.198. The van der Waals surface area contributed by atoms with Crippen LogP contribution in [-0.4, -0.2) is 18.0 Å². The third-order valence-electron chi connectivity index (χ3n) is 3.43. The Morgan fingerprint density at radius 2 is 1.92 bits per heavy atom. The lowest BCUT2D eigenvalue weighted by Gasteiger charge is -2.05. The molecule has 0 saturated carbocycles. The van der Waals surface area contributed by atoms with Crippen LogP contribution < -0.4 is 15.4 Å². The van der Waals surface area contributed by atoms with Crippen LogP contribution in [0.1, 0.15) is 15.4 Å². The Morgan fingerprint density at radius 1 is 1.16 bits per heavy atom. The Balaban J connectivity index is 1.75. The summed E-state index contributed by atoms with van der Waals surface area (Å²) in [6, 6.07) is 14.5. The summed E-state index contributed by atoms with van der Waals surface area (Å²) >= 11 is 7.15. The van der Waals surface area contributed by atoms with Crippen LogP contribution in [0.25, 0.3) is 0 Å². The molecule has 0 aliphatic rings. The van der Waals surface area contributed by atoms with Gasteiger partial charge < -0.3 is 15.4 Å². The predicted molar refractivity (Wildman–Crippen MR) is 103 cm³/mol. The normalized spacial score (nSPS) is 10.4. The standard InChI is InChI=1S/C18H16ClN3O2S/c1-11-16(17(23)21-13-8-6-12(19)7-9-13)25-18(20-11)22-14-4-3-5-15(10-14)24-2/h3-10H,1-2H3,(H,20,22)(H,21,23). The van der Waals surface area contributed by atoms with E-state index in [-0.39, 0.29) is 5.91 Å².